The van der Waals surface area contributed by atoms with Crippen LogP contribution in [0.4, 0.5) is 0 Å². The van der Waals surface area contributed by atoms with Gasteiger partial charge in [-0.25, -0.2) is 4.98 Å². The normalized spacial score (nSPS) is 10.6. The topological polar surface area (TPSA) is 40.6 Å². The number of methoxy groups -OCH3 is 2. The van der Waals surface area contributed by atoms with Crippen molar-refractivity contribution < 1.29 is 14.2 Å². The third-order valence-corrected chi connectivity index (χ3v) is 3.65. The Labute approximate surface area is 135 Å². The van der Waals surface area contributed by atoms with E-state index in [2.05, 4.69) is 11.1 Å². The minimum Gasteiger partial charge on any atom is -0.493 e. The van der Waals surface area contributed by atoms with Crippen molar-refractivity contribution in [1.82, 2.24) is 4.98 Å². The number of fused-ring (bicyclic) bond motifs is 1. The number of ether oxygens (including phenoxy) is 3. The molecule has 0 fully saturated rings. The summed E-state index contributed by atoms with van der Waals surface area (Å²) in [6.07, 6.45) is 0. The van der Waals surface area contributed by atoms with Crippen LogP contribution in [0.1, 0.15) is 6.92 Å². The van der Waals surface area contributed by atoms with Gasteiger partial charge in [0.05, 0.1) is 26.3 Å². The maximum Gasteiger partial charge on any atom is 0.221 e. The van der Waals surface area contributed by atoms with Crippen LogP contribution in [0.25, 0.3) is 22.0 Å². The van der Waals surface area contributed by atoms with E-state index in [-0.39, 0.29) is 0 Å². The Morgan fingerprint density at radius 2 is 1.61 bits per heavy atom. The molecule has 0 amide bonds. The summed E-state index contributed by atoms with van der Waals surface area (Å²) in [4.78, 5) is 4.67. The van der Waals surface area contributed by atoms with Gasteiger partial charge in [-0.1, -0.05) is 30.3 Å². The predicted molar refractivity (Wildman–Crippen MR) is 91.5 cm³/mol. The maximum absolute atomic E-state index is 5.75. The quantitative estimate of drug-likeness (QED) is 0.704. The molecular weight excluding hydrogens is 290 g/mol. The highest BCUT2D eigenvalue weighted by Gasteiger charge is 2.13. The third kappa shape index (κ3) is 2.93. The van der Waals surface area contributed by atoms with Crippen LogP contribution in [-0.2, 0) is 0 Å². The second-order valence-electron chi connectivity index (χ2n) is 5.04. The van der Waals surface area contributed by atoms with E-state index in [1.165, 1.54) is 0 Å². The Morgan fingerprint density at radius 1 is 0.913 bits per heavy atom. The van der Waals surface area contributed by atoms with Gasteiger partial charge in [-0.3, -0.25) is 0 Å². The lowest BCUT2D eigenvalue weighted by molar-refractivity contribution is 0.329. The molecule has 1 heterocycles. The number of rotatable bonds is 5. The zero-order valence-electron chi connectivity index (χ0n) is 13.5. The lowest BCUT2D eigenvalue weighted by atomic mass is 10.0. The van der Waals surface area contributed by atoms with E-state index < -0.39 is 0 Å². The summed E-state index contributed by atoms with van der Waals surface area (Å²) in [6, 6.07) is 16.0. The molecule has 0 atom stereocenters. The molecule has 1 aromatic heterocycles. The number of benzene rings is 2. The van der Waals surface area contributed by atoms with E-state index in [4.69, 9.17) is 14.2 Å². The average molecular weight is 309 g/mol. The van der Waals surface area contributed by atoms with Crippen molar-refractivity contribution in [3.8, 4) is 28.5 Å². The molecule has 0 aliphatic heterocycles. The lowest BCUT2D eigenvalue weighted by Gasteiger charge is -2.13. The van der Waals surface area contributed by atoms with Crippen LogP contribution in [0.15, 0.2) is 48.5 Å². The highest BCUT2D eigenvalue weighted by atomic mass is 16.5. The van der Waals surface area contributed by atoms with E-state index in [1.54, 1.807) is 14.2 Å². The van der Waals surface area contributed by atoms with Gasteiger partial charge in [0.2, 0.25) is 5.88 Å². The van der Waals surface area contributed by atoms with Crippen molar-refractivity contribution in [3.63, 3.8) is 0 Å². The predicted octanol–water partition coefficient (Wildman–Crippen LogP) is 4.32. The third-order valence-electron chi connectivity index (χ3n) is 3.65. The van der Waals surface area contributed by atoms with Gasteiger partial charge in [-0.05, 0) is 24.6 Å². The second kappa shape index (κ2) is 6.57. The summed E-state index contributed by atoms with van der Waals surface area (Å²) in [6.45, 7) is 2.51. The number of hydrogen-bond acceptors (Lipinski definition) is 4. The smallest absolute Gasteiger partial charge is 0.221 e. The Hall–Kier alpha value is -2.75. The summed E-state index contributed by atoms with van der Waals surface area (Å²) < 4.78 is 16.5. The fourth-order valence-corrected chi connectivity index (χ4v) is 2.55. The first-order valence-electron chi connectivity index (χ1n) is 7.51. The summed E-state index contributed by atoms with van der Waals surface area (Å²) in [7, 11) is 3.25. The van der Waals surface area contributed by atoms with Crippen molar-refractivity contribution in [2.75, 3.05) is 20.8 Å². The molecule has 0 aliphatic rings. The van der Waals surface area contributed by atoms with Crippen LogP contribution in [0.3, 0.4) is 0 Å². The maximum atomic E-state index is 5.75. The zero-order chi connectivity index (χ0) is 16.2. The second-order valence-corrected chi connectivity index (χ2v) is 5.04. The zero-order valence-corrected chi connectivity index (χ0v) is 13.5. The molecule has 0 saturated heterocycles. The van der Waals surface area contributed by atoms with E-state index in [1.807, 2.05) is 49.4 Å². The van der Waals surface area contributed by atoms with Crippen molar-refractivity contribution in [1.29, 1.82) is 0 Å². The van der Waals surface area contributed by atoms with Gasteiger partial charge < -0.3 is 14.2 Å². The van der Waals surface area contributed by atoms with Crippen LogP contribution in [0.5, 0.6) is 17.4 Å². The van der Waals surface area contributed by atoms with Gasteiger partial charge in [-0.2, -0.15) is 0 Å². The number of aromatic nitrogens is 1. The van der Waals surface area contributed by atoms with Crippen molar-refractivity contribution in [2.45, 2.75) is 6.92 Å². The molecule has 0 spiro atoms. The van der Waals surface area contributed by atoms with Crippen molar-refractivity contribution in [2.24, 2.45) is 0 Å². The minimum absolute atomic E-state index is 0.561. The van der Waals surface area contributed by atoms with E-state index in [0.29, 0.717) is 24.0 Å². The van der Waals surface area contributed by atoms with Gasteiger partial charge in [-0.15, -0.1) is 0 Å². The molecule has 0 radical (unpaired) electrons. The highest BCUT2D eigenvalue weighted by Crippen LogP contribution is 2.36. The monoisotopic (exact) mass is 309 g/mol. The van der Waals surface area contributed by atoms with Crippen LogP contribution in [-0.4, -0.2) is 25.8 Å². The first-order valence-corrected chi connectivity index (χ1v) is 7.51. The van der Waals surface area contributed by atoms with Crippen molar-refractivity contribution in [3.05, 3.63) is 48.5 Å². The summed E-state index contributed by atoms with van der Waals surface area (Å²) in [5.41, 5.74) is 2.85. The standard InChI is InChI=1S/C19H19NO3/c1-4-23-19-15(13-8-6-5-7-9-13)10-14-11-17(21-2)18(22-3)12-16(14)20-19/h5-12H,4H2,1-3H3. The molecule has 23 heavy (non-hydrogen) atoms. The molecule has 3 aromatic rings. The Balaban J connectivity index is 2.24. The fourth-order valence-electron chi connectivity index (χ4n) is 2.55. The molecule has 118 valence electrons. The SMILES string of the molecule is CCOc1nc2cc(OC)c(OC)cc2cc1-c1ccccc1. The fraction of sp³-hybridized carbons (Fsp3) is 0.211. The lowest BCUT2D eigenvalue weighted by Crippen LogP contribution is -1.98. The molecular formula is C19H19NO3. The summed E-state index contributed by atoms with van der Waals surface area (Å²) >= 11 is 0. The largest absolute Gasteiger partial charge is 0.493 e. The van der Waals surface area contributed by atoms with Crippen LogP contribution in [0.2, 0.25) is 0 Å². The van der Waals surface area contributed by atoms with Crippen LogP contribution < -0.4 is 14.2 Å². The molecule has 0 unspecified atom stereocenters. The Morgan fingerprint density at radius 3 is 2.26 bits per heavy atom. The van der Waals surface area contributed by atoms with Gasteiger partial charge in [0, 0.05) is 17.0 Å². The Bertz CT molecular complexity index is 816. The molecule has 0 aliphatic carbocycles. The molecule has 4 heteroatoms. The molecule has 2 aromatic carbocycles. The number of pyridine rings is 1. The molecule has 4 nitrogen and oxygen atoms in total. The molecule has 0 bridgehead atoms. The summed E-state index contributed by atoms with van der Waals surface area (Å²) in [5, 5.41) is 0.977. The van der Waals surface area contributed by atoms with E-state index >= 15 is 0 Å². The number of hydrogen-bond donors (Lipinski definition) is 0. The number of nitrogens with zero attached hydrogens (tertiary/aromatic N) is 1. The molecule has 0 N–H and O–H groups in total. The summed E-state index contributed by atoms with van der Waals surface area (Å²) in [5.74, 6) is 1.96. The Kier molecular flexibility index (Phi) is 4.33. The van der Waals surface area contributed by atoms with E-state index in [0.717, 1.165) is 22.0 Å². The first kappa shape index (κ1) is 15.2. The van der Waals surface area contributed by atoms with Crippen LogP contribution >= 0.6 is 0 Å². The molecule has 0 saturated carbocycles. The van der Waals surface area contributed by atoms with Gasteiger partial charge in [0.15, 0.2) is 11.5 Å². The highest BCUT2D eigenvalue weighted by molar-refractivity contribution is 5.88. The van der Waals surface area contributed by atoms with Gasteiger partial charge in [0.1, 0.15) is 0 Å². The van der Waals surface area contributed by atoms with Crippen LogP contribution in [0, 0.1) is 0 Å². The average Bonchev–Trinajstić information content (AvgIpc) is 2.61. The van der Waals surface area contributed by atoms with Gasteiger partial charge in [0.25, 0.3) is 0 Å². The van der Waals surface area contributed by atoms with E-state index in [9.17, 15) is 0 Å². The molecule has 3 rings (SSSR count). The van der Waals surface area contributed by atoms with Gasteiger partial charge >= 0.3 is 0 Å². The minimum atomic E-state index is 0.561. The first-order chi connectivity index (χ1) is 11.3. The van der Waals surface area contributed by atoms with Crippen molar-refractivity contribution >= 4 is 10.9 Å².